The van der Waals surface area contributed by atoms with Crippen molar-refractivity contribution in [3.05, 3.63) is 64.3 Å². The molecule has 3 heterocycles. The first-order valence-electron chi connectivity index (χ1n) is 18.1. The third kappa shape index (κ3) is 8.81. The number of aliphatic hydroxyl groups is 1. The second kappa shape index (κ2) is 16.9. The Kier molecular flexibility index (Phi) is 12.6. The van der Waals surface area contributed by atoms with Crippen LogP contribution in [0.1, 0.15) is 79.5 Å². The third-order valence-electron chi connectivity index (χ3n) is 10.4. The summed E-state index contributed by atoms with van der Waals surface area (Å²) in [5, 5.41) is 17.3. The van der Waals surface area contributed by atoms with Gasteiger partial charge in [0.25, 0.3) is 0 Å². The smallest absolute Gasteiger partial charge is 0.421 e. The number of alkyl halides is 3. The highest BCUT2D eigenvalue weighted by Gasteiger charge is 2.38. The van der Waals surface area contributed by atoms with Crippen molar-refractivity contribution < 1.29 is 32.1 Å². The van der Waals surface area contributed by atoms with Crippen LogP contribution in [-0.2, 0) is 27.9 Å². The van der Waals surface area contributed by atoms with E-state index in [1.165, 1.54) is 12.7 Å². The zero-order valence-corrected chi connectivity index (χ0v) is 31.6. The topological polar surface area (TPSA) is 107 Å². The lowest BCUT2D eigenvalue weighted by atomic mass is 9.78. The summed E-state index contributed by atoms with van der Waals surface area (Å²) >= 11 is 0. The molecule has 3 aliphatic rings. The highest BCUT2D eigenvalue weighted by atomic mass is 31.2. The normalized spacial score (nSPS) is 21.8. The monoisotopic (exact) mass is 745 g/mol. The molecule has 2 aromatic carbocycles. The summed E-state index contributed by atoms with van der Waals surface area (Å²) in [5.74, 6) is 0.340. The van der Waals surface area contributed by atoms with Crippen molar-refractivity contribution in [2.45, 2.75) is 76.6 Å². The molecule has 1 saturated heterocycles. The third-order valence-corrected chi connectivity index (χ3v) is 12.1. The van der Waals surface area contributed by atoms with Crippen LogP contribution in [0.25, 0.3) is 0 Å². The summed E-state index contributed by atoms with van der Waals surface area (Å²) in [7, 11) is 4.40. The summed E-state index contributed by atoms with van der Waals surface area (Å²) in [4.78, 5) is 15.1. The number of nitrogens with zero attached hydrogens (tertiary/aromatic N) is 5. The van der Waals surface area contributed by atoms with Gasteiger partial charge in [-0.1, -0.05) is 12.1 Å². The molecule has 52 heavy (non-hydrogen) atoms. The molecule has 0 bridgehead atoms. The van der Waals surface area contributed by atoms with E-state index in [1.807, 2.05) is 44.0 Å². The Labute approximate surface area is 305 Å². The number of aliphatic hydroxyl groups excluding tert-OH is 1. The van der Waals surface area contributed by atoms with Crippen LogP contribution in [0, 0.1) is 0 Å². The summed E-state index contributed by atoms with van der Waals surface area (Å²) in [5.41, 5.74) is 3.53. The van der Waals surface area contributed by atoms with E-state index in [9.17, 15) is 18.3 Å². The predicted molar refractivity (Wildman–Crippen MR) is 197 cm³/mol. The Bertz CT molecular complexity index is 1660. The largest absolute Gasteiger partial charge is 0.495 e. The van der Waals surface area contributed by atoms with Gasteiger partial charge in [-0.05, 0) is 94.4 Å². The fourth-order valence-electron chi connectivity index (χ4n) is 7.64. The maximum absolute atomic E-state index is 14.3. The van der Waals surface area contributed by atoms with Crippen molar-refractivity contribution in [1.29, 1.82) is 0 Å². The Hall–Kier alpha value is -3.10. The predicted octanol–water partition coefficient (Wildman–Crippen LogP) is 7.59. The molecular weight excluding hydrogens is 694 g/mol. The maximum Gasteiger partial charge on any atom is 0.421 e. The lowest BCUT2D eigenvalue weighted by molar-refractivity contribution is -0.137. The molecule has 2 aliphatic heterocycles. The fraction of sp³-hybridized carbons (Fsp3) is 0.568. The number of methoxy groups -OCH3 is 1. The number of piperazine rings is 1. The Morgan fingerprint density at radius 2 is 1.63 bits per heavy atom. The lowest BCUT2D eigenvalue weighted by Gasteiger charge is -2.41. The average Bonchev–Trinajstić information content (AvgIpc) is 3.43. The minimum atomic E-state index is -4.72. The van der Waals surface area contributed by atoms with E-state index in [0.717, 1.165) is 69.2 Å². The van der Waals surface area contributed by atoms with Crippen molar-refractivity contribution in [3.63, 3.8) is 0 Å². The van der Waals surface area contributed by atoms with Gasteiger partial charge >= 0.3 is 6.18 Å². The van der Waals surface area contributed by atoms with Gasteiger partial charge in [0.15, 0.2) is 8.38 Å². The van der Waals surface area contributed by atoms with Crippen LogP contribution >= 0.6 is 8.38 Å². The van der Waals surface area contributed by atoms with Gasteiger partial charge in [0, 0.05) is 62.4 Å². The van der Waals surface area contributed by atoms with Crippen molar-refractivity contribution in [2.24, 2.45) is 0 Å². The molecule has 1 atom stereocenters. The summed E-state index contributed by atoms with van der Waals surface area (Å²) in [6.45, 7) is 9.80. The molecule has 1 aromatic heterocycles. The molecule has 0 spiro atoms. The molecule has 3 aromatic rings. The minimum Gasteiger partial charge on any atom is -0.495 e. The van der Waals surface area contributed by atoms with Crippen molar-refractivity contribution in [1.82, 2.24) is 24.7 Å². The van der Waals surface area contributed by atoms with Gasteiger partial charge in [0.05, 0.1) is 26.0 Å². The molecule has 2 fully saturated rings. The summed E-state index contributed by atoms with van der Waals surface area (Å²) in [6.07, 6.45) is -0.0551. The van der Waals surface area contributed by atoms with Crippen LogP contribution in [-0.4, -0.2) is 96.4 Å². The Morgan fingerprint density at radius 3 is 2.29 bits per heavy atom. The van der Waals surface area contributed by atoms with Gasteiger partial charge in [0.1, 0.15) is 23.4 Å². The molecular formula is C37H51F3N7O4P. The van der Waals surface area contributed by atoms with Crippen LogP contribution in [0.15, 0.2) is 36.5 Å². The van der Waals surface area contributed by atoms with Crippen LogP contribution in [0.4, 0.5) is 36.3 Å². The van der Waals surface area contributed by atoms with E-state index in [0.29, 0.717) is 60.6 Å². The molecule has 1 aliphatic carbocycles. The molecule has 0 radical (unpaired) electrons. The highest BCUT2D eigenvalue weighted by Crippen LogP contribution is 2.46. The summed E-state index contributed by atoms with van der Waals surface area (Å²) < 4.78 is 60.1. The number of halogens is 3. The molecule has 284 valence electrons. The molecule has 3 N–H and O–H groups in total. The van der Waals surface area contributed by atoms with Crippen molar-refractivity contribution in [3.8, 4) is 5.75 Å². The Balaban J connectivity index is 1.24. The number of hydrogen-bond donors (Lipinski definition) is 3. The van der Waals surface area contributed by atoms with E-state index in [2.05, 4.69) is 37.4 Å². The van der Waals surface area contributed by atoms with Crippen LogP contribution in [0.3, 0.4) is 0 Å². The standard InChI is InChI=1S/C37H51F3N7O4P/c1-6-50-52(51-7-2)23-24-8-14-30(32(20-24)49-5)43-36-41-21-29(37(38,39)40)34(44-36)42-31-15-13-27(28-22-46(4)35(48)33(28)31)25-9-11-26(12-10-25)47-18-16-45(3)17-19-47/h8,13-15,20-21,25-26,35,48H,6-7,9-12,16-19,22-23H2,1-5H3,(H2,41,42,43,44). The fourth-order valence-corrected chi connectivity index (χ4v) is 8.96. The van der Waals surface area contributed by atoms with Gasteiger partial charge in [-0.3, -0.25) is 9.80 Å². The zero-order chi connectivity index (χ0) is 37.0. The molecule has 6 rings (SSSR count). The maximum atomic E-state index is 14.3. The lowest BCUT2D eigenvalue weighted by Crippen LogP contribution is -2.49. The van der Waals surface area contributed by atoms with Crippen molar-refractivity contribution in [2.75, 3.05) is 71.2 Å². The number of hydrogen-bond acceptors (Lipinski definition) is 11. The van der Waals surface area contributed by atoms with E-state index in [1.54, 1.807) is 12.1 Å². The SMILES string of the molecule is CCOP(Cc1ccc(Nc2ncc(C(F)(F)F)c(Nc3ccc(C4CCC(N5CCN(C)CC5)CC4)c4c3C(O)N(C)C4)n2)c(OC)c1)OCC. The van der Waals surface area contributed by atoms with Crippen LogP contribution in [0.2, 0.25) is 0 Å². The van der Waals surface area contributed by atoms with Gasteiger partial charge in [0.2, 0.25) is 5.95 Å². The number of nitrogens with one attached hydrogen (secondary N) is 2. The van der Waals surface area contributed by atoms with E-state index in [-0.39, 0.29) is 5.95 Å². The van der Waals surface area contributed by atoms with Crippen LogP contribution < -0.4 is 15.4 Å². The second-order valence-electron chi connectivity index (χ2n) is 13.8. The van der Waals surface area contributed by atoms with Gasteiger partial charge in [-0.2, -0.15) is 18.2 Å². The van der Waals surface area contributed by atoms with E-state index >= 15 is 0 Å². The number of rotatable bonds is 13. The van der Waals surface area contributed by atoms with Crippen molar-refractivity contribution >= 4 is 31.5 Å². The Morgan fingerprint density at radius 1 is 0.942 bits per heavy atom. The molecule has 0 amide bonds. The molecule has 11 nitrogen and oxygen atoms in total. The highest BCUT2D eigenvalue weighted by molar-refractivity contribution is 7.46. The minimum absolute atomic E-state index is 0.0459. The van der Waals surface area contributed by atoms with Gasteiger partial charge in [-0.15, -0.1) is 0 Å². The van der Waals surface area contributed by atoms with Gasteiger partial charge < -0.3 is 34.4 Å². The first kappa shape index (κ1) is 38.6. The molecule has 1 unspecified atom stereocenters. The zero-order valence-electron chi connectivity index (χ0n) is 30.7. The number of aromatic nitrogens is 2. The molecule has 1 saturated carbocycles. The first-order valence-corrected chi connectivity index (χ1v) is 19.5. The number of benzene rings is 2. The van der Waals surface area contributed by atoms with Gasteiger partial charge in [-0.25, -0.2) is 4.98 Å². The second-order valence-corrected chi connectivity index (χ2v) is 15.3. The number of anilines is 4. The number of fused-ring (bicyclic) bond motifs is 1. The average molecular weight is 746 g/mol. The van der Waals surface area contributed by atoms with E-state index in [4.69, 9.17) is 13.8 Å². The number of ether oxygens (including phenoxy) is 1. The van der Waals surface area contributed by atoms with E-state index < -0.39 is 32.2 Å². The molecule has 15 heteroatoms. The summed E-state index contributed by atoms with van der Waals surface area (Å²) in [6, 6.07) is 9.88. The van der Waals surface area contributed by atoms with Crippen LogP contribution in [0.5, 0.6) is 5.75 Å². The quantitative estimate of drug-likeness (QED) is 0.151. The number of likely N-dealkylation sites (N-methyl/N-ethyl adjacent to an activating group) is 1. The first-order chi connectivity index (χ1) is 25.0.